The lowest BCUT2D eigenvalue weighted by Crippen LogP contribution is -2.43. The Morgan fingerprint density at radius 3 is 2.10 bits per heavy atom. The lowest BCUT2D eigenvalue weighted by molar-refractivity contribution is 0.0975. The van der Waals surface area contributed by atoms with Gasteiger partial charge in [0, 0.05) is 11.4 Å². The van der Waals surface area contributed by atoms with Crippen molar-refractivity contribution in [2.45, 2.75) is 19.5 Å². The van der Waals surface area contributed by atoms with Gasteiger partial charge in [0.2, 0.25) is 0 Å². The summed E-state index contributed by atoms with van der Waals surface area (Å²) in [5.74, 6) is 0.00994. The number of nitrogens with zero attached hydrogens (tertiary/aromatic N) is 1. The summed E-state index contributed by atoms with van der Waals surface area (Å²) in [5.41, 5.74) is 7.09. The van der Waals surface area contributed by atoms with Gasteiger partial charge >= 0.3 is 0 Å². The highest BCUT2D eigenvalue weighted by Crippen LogP contribution is 2.37. The molecule has 0 unspecified atom stereocenters. The molecule has 0 fully saturated rings. The summed E-state index contributed by atoms with van der Waals surface area (Å²) in [4.78, 5) is 15.4. The molecule has 1 heterocycles. The Labute approximate surface area is 183 Å². The number of para-hydroxylation sites is 1. The van der Waals surface area contributed by atoms with Gasteiger partial charge in [-0.3, -0.25) is 9.69 Å². The zero-order valence-electron chi connectivity index (χ0n) is 17.5. The highest BCUT2D eigenvalue weighted by atomic mass is 16.2. The topological polar surface area (TPSA) is 32.3 Å². The van der Waals surface area contributed by atoms with Crippen molar-refractivity contribution in [3.63, 3.8) is 0 Å². The molecule has 4 aromatic rings. The third-order valence-corrected chi connectivity index (χ3v) is 5.88. The molecule has 4 aromatic carbocycles. The van der Waals surface area contributed by atoms with Crippen LogP contribution in [0.1, 0.15) is 34.6 Å². The van der Waals surface area contributed by atoms with Gasteiger partial charge in [-0.25, -0.2) is 0 Å². The lowest BCUT2D eigenvalue weighted by Gasteiger charge is -2.38. The van der Waals surface area contributed by atoms with Crippen molar-refractivity contribution >= 4 is 17.3 Å². The maximum atomic E-state index is 13.5. The number of benzene rings is 4. The van der Waals surface area contributed by atoms with E-state index in [0.29, 0.717) is 5.56 Å². The molecule has 5 rings (SSSR count). The van der Waals surface area contributed by atoms with E-state index >= 15 is 0 Å². The highest BCUT2D eigenvalue weighted by molar-refractivity contribution is 6.12. The number of aryl methyl sites for hydroxylation is 1. The van der Waals surface area contributed by atoms with Gasteiger partial charge in [0.15, 0.2) is 0 Å². The van der Waals surface area contributed by atoms with Crippen molar-refractivity contribution in [3.8, 4) is 11.1 Å². The first-order chi connectivity index (χ1) is 15.2. The summed E-state index contributed by atoms with van der Waals surface area (Å²) in [6, 6.07) is 34.8. The zero-order valence-corrected chi connectivity index (χ0v) is 17.5. The fourth-order valence-corrected chi connectivity index (χ4v) is 4.13. The molecule has 1 amide bonds. The minimum atomic E-state index is -0.278. The largest absolute Gasteiger partial charge is 0.360 e. The lowest BCUT2D eigenvalue weighted by atomic mass is 9.99. The minimum Gasteiger partial charge on any atom is -0.360 e. The molecule has 0 radical (unpaired) electrons. The third-order valence-electron chi connectivity index (χ3n) is 5.88. The van der Waals surface area contributed by atoms with Crippen LogP contribution < -0.4 is 10.2 Å². The van der Waals surface area contributed by atoms with E-state index in [0.717, 1.165) is 28.9 Å². The standard InChI is InChI=1S/C28H24N2O/c1-2-20-12-18-24(19-13-20)30-27(29-26-11-7-6-10-25(26)28(30)31)23-16-14-22(15-17-23)21-8-4-3-5-9-21/h3-19,27,29H,2H2,1H3/t27-/m0/s1. The van der Waals surface area contributed by atoms with Gasteiger partial charge in [-0.1, -0.05) is 85.8 Å². The summed E-state index contributed by atoms with van der Waals surface area (Å²) >= 11 is 0. The SMILES string of the molecule is CCc1ccc(N2C(=O)c3ccccc3N[C@@H]2c2ccc(-c3ccccc3)cc2)cc1. The quantitative estimate of drug-likeness (QED) is 0.411. The number of carbonyl (C=O) groups is 1. The van der Waals surface area contributed by atoms with Crippen molar-refractivity contribution in [2.75, 3.05) is 10.2 Å². The Morgan fingerprint density at radius 2 is 1.39 bits per heavy atom. The maximum absolute atomic E-state index is 13.5. The van der Waals surface area contributed by atoms with Crippen LogP contribution in [-0.4, -0.2) is 5.91 Å². The van der Waals surface area contributed by atoms with Gasteiger partial charge in [-0.15, -0.1) is 0 Å². The summed E-state index contributed by atoms with van der Waals surface area (Å²) < 4.78 is 0. The van der Waals surface area contributed by atoms with E-state index in [-0.39, 0.29) is 12.1 Å². The second-order valence-corrected chi connectivity index (χ2v) is 7.78. The maximum Gasteiger partial charge on any atom is 0.262 e. The highest BCUT2D eigenvalue weighted by Gasteiger charge is 2.33. The molecule has 0 bridgehead atoms. The number of carbonyl (C=O) groups excluding carboxylic acids is 1. The first-order valence-corrected chi connectivity index (χ1v) is 10.7. The Bertz CT molecular complexity index is 1200. The smallest absolute Gasteiger partial charge is 0.262 e. The van der Waals surface area contributed by atoms with Crippen LogP contribution in [0.4, 0.5) is 11.4 Å². The van der Waals surface area contributed by atoms with Gasteiger partial charge in [0.1, 0.15) is 6.17 Å². The van der Waals surface area contributed by atoms with Gasteiger partial charge < -0.3 is 5.32 Å². The molecule has 1 aliphatic heterocycles. The number of fused-ring (bicyclic) bond motifs is 1. The molecule has 1 aliphatic rings. The summed E-state index contributed by atoms with van der Waals surface area (Å²) in [5, 5.41) is 3.59. The van der Waals surface area contributed by atoms with Gasteiger partial charge in [0.25, 0.3) is 5.91 Å². The van der Waals surface area contributed by atoms with Crippen molar-refractivity contribution in [1.82, 2.24) is 0 Å². The van der Waals surface area contributed by atoms with Crippen LogP contribution in [0.25, 0.3) is 11.1 Å². The van der Waals surface area contributed by atoms with Crippen molar-refractivity contribution in [3.05, 3.63) is 120 Å². The number of hydrogen-bond acceptors (Lipinski definition) is 2. The molecule has 3 heteroatoms. The molecule has 31 heavy (non-hydrogen) atoms. The van der Waals surface area contributed by atoms with E-state index in [2.05, 4.69) is 60.8 Å². The van der Waals surface area contributed by atoms with Crippen LogP contribution in [0.3, 0.4) is 0 Å². The molecule has 0 aromatic heterocycles. The number of anilines is 2. The Hall–Kier alpha value is -3.85. The Balaban J connectivity index is 1.56. The van der Waals surface area contributed by atoms with Gasteiger partial charge in [-0.05, 0) is 52.9 Å². The average Bonchev–Trinajstić information content (AvgIpc) is 2.85. The molecule has 0 saturated heterocycles. The van der Waals surface area contributed by atoms with Gasteiger partial charge in [0.05, 0.1) is 5.56 Å². The minimum absolute atomic E-state index is 0.00994. The van der Waals surface area contributed by atoms with Crippen molar-refractivity contribution < 1.29 is 4.79 Å². The number of nitrogens with one attached hydrogen (secondary N) is 1. The van der Waals surface area contributed by atoms with Crippen LogP contribution >= 0.6 is 0 Å². The second-order valence-electron chi connectivity index (χ2n) is 7.78. The number of hydrogen-bond donors (Lipinski definition) is 1. The monoisotopic (exact) mass is 404 g/mol. The fourth-order valence-electron chi connectivity index (χ4n) is 4.13. The predicted molar refractivity (Wildman–Crippen MR) is 127 cm³/mol. The van der Waals surface area contributed by atoms with E-state index in [9.17, 15) is 4.79 Å². The van der Waals surface area contributed by atoms with Crippen LogP contribution in [-0.2, 0) is 6.42 Å². The average molecular weight is 405 g/mol. The van der Waals surface area contributed by atoms with E-state index in [1.807, 2.05) is 59.5 Å². The number of rotatable bonds is 4. The fraction of sp³-hybridized carbons (Fsp3) is 0.107. The second kappa shape index (κ2) is 8.11. The summed E-state index contributed by atoms with van der Waals surface area (Å²) in [6.45, 7) is 2.13. The van der Waals surface area contributed by atoms with E-state index in [1.54, 1.807) is 0 Å². The first kappa shape index (κ1) is 19.1. The molecule has 152 valence electrons. The van der Waals surface area contributed by atoms with E-state index in [4.69, 9.17) is 0 Å². The van der Waals surface area contributed by atoms with Crippen LogP contribution in [0.5, 0.6) is 0 Å². The van der Waals surface area contributed by atoms with Crippen molar-refractivity contribution in [2.24, 2.45) is 0 Å². The van der Waals surface area contributed by atoms with E-state index in [1.165, 1.54) is 11.1 Å². The molecular weight excluding hydrogens is 380 g/mol. The molecule has 0 aliphatic carbocycles. The summed E-state index contributed by atoms with van der Waals surface area (Å²) in [6.07, 6.45) is 0.694. The van der Waals surface area contributed by atoms with E-state index < -0.39 is 0 Å². The van der Waals surface area contributed by atoms with Crippen LogP contribution in [0, 0.1) is 0 Å². The van der Waals surface area contributed by atoms with Crippen LogP contribution in [0.2, 0.25) is 0 Å². The molecule has 3 nitrogen and oxygen atoms in total. The van der Waals surface area contributed by atoms with Crippen molar-refractivity contribution in [1.29, 1.82) is 0 Å². The zero-order chi connectivity index (χ0) is 21.2. The Morgan fingerprint density at radius 1 is 0.742 bits per heavy atom. The van der Waals surface area contributed by atoms with Crippen LogP contribution in [0.15, 0.2) is 103 Å². The molecule has 1 atom stereocenters. The third kappa shape index (κ3) is 3.59. The summed E-state index contributed by atoms with van der Waals surface area (Å²) in [7, 11) is 0. The molecule has 0 saturated carbocycles. The molecule has 1 N–H and O–H groups in total. The number of amides is 1. The van der Waals surface area contributed by atoms with Gasteiger partial charge in [-0.2, -0.15) is 0 Å². The first-order valence-electron chi connectivity index (χ1n) is 10.7. The Kier molecular flexibility index (Phi) is 5.01. The molecular formula is C28H24N2O. The normalized spacial score (nSPS) is 15.3. The predicted octanol–water partition coefficient (Wildman–Crippen LogP) is 6.69. The molecule has 0 spiro atoms.